The highest BCUT2D eigenvalue weighted by atomic mass is 35.5. The molecule has 31 heavy (non-hydrogen) atoms. The number of halogens is 1. The van der Waals surface area contributed by atoms with Crippen LogP contribution in [0, 0.1) is 0 Å². The fraction of sp³-hybridized carbons (Fsp3) is 0.174. The Morgan fingerprint density at radius 3 is 2.35 bits per heavy atom. The molecule has 1 N–H and O–H groups in total. The van der Waals surface area contributed by atoms with Crippen LogP contribution in [-0.4, -0.2) is 31.7 Å². The summed E-state index contributed by atoms with van der Waals surface area (Å²) in [6, 6.07) is 20.4. The number of hydrogen-bond acceptors (Lipinski definition) is 4. The maximum atomic E-state index is 13.0. The summed E-state index contributed by atoms with van der Waals surface area (Å²) in [5.41, 5.74) is 0.525. The molecule has 0 atom stereocenters. The SMILES string of the molecule is O=C(Nc1ccccc1Oc1ccccc1)c1cc(S(=O)(=O)N2CCCC2)ccc1Cl. The lowest BCUT2D eigenvalue weighted by Gasteiger charge is -2.17. The number of rotatable bonds is 6. The minimum Gasteiger partial charge on any atom is -0.455 e. The zero-order valence-corrected chi connectivity index (χ0v) is 18.2. The van der Waals surface area contributed by atoms with Crippen molar-refractivity contribution >= 4 is 33.2 Å². The van der Waals surface area contributed by atoms with Crippen molar-refractivity contribution in [3.63, 3.8) is 0 Å². The van der Waals surface area contributed by atoms with Crippen molar-refractivity contribution in [2.75, 3.05) is 18.4 Å². The van der Waals surface area contributed by atoms with Crippen LogP contribution in [0.4, 0.5) is 5.69 Å². The summed E-state index contributed by atoms with van der Waals surface area (Å²) >= 11 is 6.24. The van der Waals surface area contributed by atoms with Gasteiger partial charge in [-0.1, -0.05) is 41.9 Å². The van der Waals surface area contributed by atoms with Gasteiger partial charge in [-0.15, -0.1) is 0 Å². The van der Waals surface area contributed by atoms with Crippen molar-refractivity contribution in [1.82, 2.24) is 4.31 Å². The van der Waals surface area contributed by atoms with Crippen LogP contribution in [-0.2, 0) is 10.0 Å². The number of ether oxygens (including phenoxy) is 1. The van der Waals surface area contributed by atoms with Gasteiger partial charge in [-0.2, -0.15) is 4.31 Å². The van der Waals surface area contributed by atoms with E-state index in [1.165, 1.54) is 22.5 Å². The summed E-state index contributed by atoms with van der Waals surface area (Å²) in [5, 5.41) is 2.95. The van der Waals surface area contributed by atoms with Crippen LogP contribution < -0.4 is 10.1 Å². The number of hydrogen-bond donors (Lipinski definition) is 1. The van der Waals surface area contributed by atoms with Crippen LogP contribution >= 0.6 is 11.6 Å². The third-order valence-electron chi connectivity index (χ3n) is 4.99. The number of carbonyl (C=O) groups excluding carboxylic acids is 1. The van der Waals surface area contributed by atoms with Crippen LogP contribution in [0.3, 0.4) is 0 Å². The Kier molecular flexibility index (Phi) is 6.27. The highest BCUT2D eigenvalue weighted by Gasteiger charge is 2.28. The minimum absolute atomic E-state index is 0.0535. The molecule has 1 fully saturated rings. The standard InChI is InChI=1S/C23H21ClN2O4S/c24-20-13-12-18(31(28,29)26-14-6-7-15-26)16-19(20)23(27)25-21-10-4-5-11-22(21)30-17-8-2-1-3-9-17/h1-5,8-13,16H,6-7,14-15H2,(H,25,27). The minimum atomic E-state index is -3.66. The van der Waals surface area contributed by atoms with Crippen LogP contribution in [0.25, 0.3) is 0 Å². The first kappa shape index (κ1) is 21.4. The van der Waals surface area contributed by atoms with E-state index in [0.717, 1.165) is 12.8 Å². The van der Waals surface area contributed by atoms with Crippen LogP contribution in [0.15, 0.2) is 77.7 Å². The van der Waals surface area contributed by atoms with Gasteiger partial charge >= 0.3 is 0 Å². The van der Waals surface area contributed by atoms with Crippen molar-refractivity contribution in [3.05, 3.63) is 83.4 Å². The second kappa shape index (κ2) is 9.09. The van der Waals surface area contributed by atoms with Gasteiger partial charge in [-0.25, -0.2) is 8.42 Å². The zero-order chi connectivity index (χ0) is 21.8. The van der Waals surface area contributed by atoms with Gasteiger partial charge in [0, 0.05) is 13.1 Å². The number of sulfonamides is 1. The lowest BCUT2D eigenvalue weighted by Crippen LogP contribution is -2.28. The van der Waals surface area contributed by atoms with Crippen molar-refractivity contribution in [3.8, 4) is 11.5 Å². The molecule has 0 radical (unpaired) electrons. The van der Waals surface area contributed by atoms with Crippen molar-refractivity contribution in [1.29, 1.82) is 0 Å². The van der Waals surface area contributed by atoms with Crippen LogP contribution in [0.1, 0.15) is 23.2 Å². The summed E-state index contributed by atoms with van der Waals surface area (Å²) in [6.45, 7) is 0.966. The highest BCUT2D eigenvalue weighted by molar-refractivity contribution is 7.89. The summed E-state index contributed by atoms with van der Waals surface area (Å²) in [6.07, 6.45) is 1.66. The van der Waals surface area contributed by atoms with E-state index in [0.29, 0.717) is 30.3 Å². The quantitative estimate of drug-likeness (QED) is 0.555. The molecule has 160 valence electrons. The predicted octanol–water partition coefficient (Wildman–Crippen LogP) is 5.17. The fourth-order valence-corrected chi connectivity index (χ4v) is 5.13. The molecular formula is C23H21ClN2O4S. The monoisotopic (exact) mass is 456 g/mol. The van der Waals surface area contributed by atoms with Gasteiger partial charge in [0.25, 0.3) is 5.91 Å². The molecule has 6 nitrogen and oxygen atoms in total. The van der Waals surface area contributed by atoms with E-state index < -0.39 is 15.9 Å². The maximum Gasteiger partial charge on any atom is 0.257 e. The summed E-state index contributed by atoms with van der Waals surface area (Å²) in [4.78, 5) is 13.0. The van der Waals surface area contributed by atoms with Gasteiger partial charge < -0.3 is 10.1 Å². The number of nitrogens with one attached hydrogen (secondary N) is 1. The third kappa shape index (κ3) is 4.74. The molecular weight excluding hydrogens is 436 g/mol. The molecule has 3 aromatic rings. The zero-order valence-electron chi connectivity index (χ0n) is 16.6. The largest absolute Gasteiger partial charge is 0.455 e. The molecule has 1 aliphatic heterocycles. The van der Waals surface area contributed by atoms with Crippen LogP contribution in [0.2, 0.25) is 5.02 Å². The Balaban J connectivity index is 1.60. The molecule has 1 amide bonds. The molecule has 0 aliphatic carbocycles. The molecule has 0 bridgehead atoms. The summed E-state index contributed by atoms with van der Waals surface area (Å²) < 4.78 is 33.0. The molecule has 4 rings (SSSR count). The number of anilines is 1. The smallest absolute Gasteiger partial charge is 0.257 e. The Labute approximate surface area is 186 Å². The lowest BCUT2D eigenvalue weighted by molar-refractivity contribution is 0.102. The maximum absolute atomic E-state index is 13.0. The first-order valence-corrected chi connectivity index (χ1v) is 11.7. The van der Waals surface area contributed by atoms with E-state index in [2.05, 4.69) is 5.32 Å². The summed E-state index contributed by atoms with van der Waals surface area (Å²) in [7, 11) is -3.66. The molecule has 8 heteroatoms. The predicted molar refractivity (Wildman–Crippen MR) is 120 cm³/mol. The van der Waals surface area contributed by atoms with E-state index in [-0.39, 0.29) is 15.5 Å². The Morgan fingerprint density at radius 2 is 1.61 bits per heavy atom. The highest BCUT2D eigenvalue weighted by Crippen LogP contribution is 2.31. The van der Waals surface area contributed by atoms with Crippen molar-refractivity contribution < 1.29 is 17.9 Å². The molecule has 1 saturated heterocycles. The number of benzene rings is 3. The first-order valence-electron chi connectivity index (χ1n) is 9.88. The molecule has 0 saturated carbocycles. The average Bonchev–Trinajstić information content (AvgIpc) is 3.32. The van der Waals surface area contributed by atoms with Gasteiger partial charge in [-0.3, -0.25) is 4.79 Å². The van der Waals surface area contributed by atoms with Crippen molar-refractivity contribution in [2.45, 2.75) is 17.7 Å². The van der Waals surface area contributed by atoms with E-state index in [1.54, 1.807) is 24.3 Å². The molecule has 1 aliphatic rings. The summed E-state index contributed by atoms with van der Waals surface area (Å²) in [5.74, 6) is 0.563. The molecule has 1 heterocycles. The van der Waals surface area contributed by atoms with Gasteiger partial charge in [0.15, 0.2) is 5.75 Å². The van der Waals surface area contributed by atoms with E-state index in [9.17, 15) is 13.2 Å². The topological polar surface area (TPSA) is 75.7 Å². The van der Waals surface area contributed by atoms with E-state index in [1.807, 2.05) is 30.3 Å². The Hall–Kier alpha value is -2.87. The van der Waals surface area contributed by atoms with Gasteiger partial charge in [0.2, 0.25) is 10.0 Å². The third-order valence-corrected chi connectivity index (χ3v) is 7.22. The number of carbonyl (C=O) groups is 1. The second-order valence-corrected chi connectivity index (χ2v) is 9.46. The number of para-hydroxylation sites is 3. The van der Waals surface area contributed by atoms with Crippen molar-refractivity contribution in [2.24, 2.45) is 0 Å². The fourth-order valence-electron chi connectivity index (χ4n) is 3.38. The van der Waals surface area contributed by atoms with Gasteiger partial charge in [0.05, 0.1) is 21.2 Å². The average molecular weight is 457 g/mol. The lowest BCUT2D eigenvalue weighted by atomic mass is 10.2. The molecule has 0 unspecified atom stereocenters. The molecule has 0 spiro atoms. The normalized spacial score (nSPS) is 14.4. The molecule has 3 aromatic carbocycles. The van der Waals surface area contributed by atoms with Crippen LogP contribution in [0.5, 0.6) is 11.5 Å². The van der Waals surface area contributed by atoms with E-state index >= 15 is 0 Å². The Morgan fingerprint density at radius 1 is 0.935 bits per heavy atom. The number of amides is 1. The first-order chi connectivity index (χ1) is 14.9. The van der Waals surface area contributed by atoms with E-state index in [4.69, 9.17) is 16.3 Å². The number of nitrogens with zero attached hydrogens (tertiary/aromatic N) is 1. The second-order valence-electron chi connectivity index (χ2n) is 7.12. The Bertz CT molecular complexity index is 1190. The van der Waals surface area contributed by atoms with Gasteiger partial charge in [0.1, 0.15) is 5.75 Å². The van der Waals surface area contributed by atoms with Gasteiger partial charge in [-0.05, 0) is 55.3 Å². The molecule has 0 aromatic heterocycles.